The number of anilines is 2. The SMILES string of the molecule is Cc1nc(NCc2c(F)cccc2F)nc(N[C@@H]2C[C@H](C(C)(C)O)[C@@H](O)[C@H]2O)c1-c1nc2cnccc2s1. The van der Waals surface area contributed by atoms with E-state index in [1.54, 1.807) is 33.2 Å². The van der Waals surface area contributed by atoms with E-state index in [-0.39, 0.29) is 24.5 Å². The summed E-state index contributed by atoms with van der Waals surface area (Å²) in [6.07, 6.45) is 1.30. The van der Waals surface area contributed by atoms with E-state index in [2.05, 4.69) is 30.6 Å². The number of thiazole rings is 1. The minimum atomic E-state index is -1.21. The number of benzene rings is 1. The fourth-order valence-corrected chi connectivity index (χ4v) is 5.85. The lowest BCUT2D eigenvalue weighted by Gasteiger charge is -2.28. The molecule has 3 aromatic heterocycles. The molecule has 200 valence electrons. The maximum absolute atomic E-state index is 14.2. The molecule has 12 heteroatoms. The molecule has 5 rings (SSSR count). The van der Waals surface area contributed by atoms with Gasteiger partial charge in [0.2, 0.25) is 5.95 Å². The van der Waals surface area contributed by atoms with E-state index in [1.165, 1.54) is 29.5 Å². The molecular weight excluding hydrogens is 514 g/mol. The van der Waals surface area contributed by atoms with Crippen LogP contribution in [-0.2, 0) is 6.54 Å². The molecule has 0 saturated heterocycles. The van der Waals surface area contributed by atoms with Crippen molar-refractivity contribution in [2.45, 2.75) is 57.6 Å². The number of nitrogens with one attached hydrogen (secondary N) is 2. The third kappa shape index (κ3) is 5.04. The van der Waals surface area contributed by atoms with Crippen molar-refractivity contribution in [2.24, 2.45) is 5.92 Å². The molecule has 0 spiro atoms. The lowest BCUT2D eigenvalue weighted by atomic mass is 9.88. The summed E-state index contributed by atoms with van der Waals surface area (Å²) in [5, 5.41) is 38.6. The van der Waals surface area contributed by atoms with Crippen molar-refractivity contribution in [3.8, 4) is 10.6 Å². The van der Waals surface area contributed by atoms with E-state index < -0.39 is 41.4 Å². The molecule has 3 heterocycles. The number of aryl methyl sites for hydroxylation is 1. The number of nitrogens with zero attached hydrogens (tertiary/aromatic N) is 4. The van der Waals surface area contributed by atoms with Gasteiger partial charge in [0, 0.05) is 24.2 Å². The minimum absolute atomic E-state index is 0.117. The Morgan fingerprint density at radius 1 is 1.08 bits per heavy atom. The number of aliphatic hydroxyl groups is 3. The molecule has 1 aliphatic rings. The summed E-state index contributed by atoms with van der Waals surface area (Å²) in [7, 11) is 0. The fraction of sp³-hybridized carbons (Fsp3) is 0.385. The summed E-state index contributed by atoms with van der Waals surface area (Å²) < 4.78 is 29.2. The van der Waals surface area contributed by atoms with E-state index in [1.807, 2.05) is 6.07 Å². The number of fused-ring (bicyclic) bond motifs is 1. The molecule has 1 fully saturated rings. The molecule has 0 unspecified atom stereocenters. The predicted molar refractivity (Wildman–Crippen MR) is 141 cm³/mol. The van der Waals surface area contributed by atoms with Crippen LogP contribution in [0.1, 0.15) is 31.5 Å². The number of hydrogen-bond acceptors (Lipinski definition) is 10. The molecule has 0 aliphatic heterocycles. The van der Waals surface area contributed by atoms with Gasteiger partial charge < -0.3 is 26.0 Å². The molecule has 4 atom stereocenters. The van der Waals surface area contributed by atoms with Crippen LogP contribution >= 0.6 is 11.3 Å². The van der Waals surface area contributed by atoms with Crippen LogP contribution < -0.4 is 10.6 Å². The van der Waals surface area contributed by atoms with Crippen molar-refractivity contribution in [1.82, 2.24) is 19.9 Å². The first kappa shape index (κ1) is 26.3. The van der Waals surface area contributed by atoms with Crippen molar-refractivity contribution >= 4 is 33.3 Å². The zero-order valence-corrected chi connectivity index (χ0v) is 21.8. The Labute approximate surface area is 221 Å². The Morgan fingerprint density at radius 3 is 2.47 bits per heavy atom. The van der Waals surface area contributed by atoms with Gasteiger partial charge in [-0.3, -0.25) is 4.98 Å². The van der Waals surface area contributed by atoms with Crippen LogP contribution in [0.5, 0.6) is 0 Å². The van der Waals surface area contributed by atoms with Crippen molar-refractivity contribution in [1.29, 1.82) is 0 Å². The van der Waals surface area contributed by atoms with Gasteiger partial charge in [0.25, 0.3) is 0 Å². The zero-order chi connectivity index (χ0) is 27.2. The van der Waals surface area contributed by atoms with Gasteiger partial charge in [-0.2, -0.15) is 4.98 Å². The second-order valence-corrected chi connectivity index (χ2v) is 11.0. The van der Waals surface area contributed by atoms with Gasteiger partial charge in [0.05, 0.1) is 39.9 Å². The number of halogens is 2. The molecule has 0 radical (unpaired) electrons. The van der Waals surface area contributed by atoms with Crippen LogP contribution in [0.4, 0.5) is 20.5 Å². The predicted octanol–water partition coefficient (Wildman–Crippen LogP) is 3.64. The third-order valence-electron chi connectivity index (χ3n) is 6.89. The van der Waals surface area contributed by atoms with E-state index in [4.69, 9.17) is 0 Å². The highest BCUT2D eigenvalue weighted by Crippen LogP contribution is 2.40. The molecule has 5 N–H and O–H groups in total. The van der Waals surface area contributed by atoms with Crippen molar-refractivity contribution in [2.75, 3.05) is 10.6 Å². The lowest BCUT2D eigenvalue weighted by Crippen LogP contribution is -2.40. The molecular formula is C26H28F2N6O3S. The van der Waals surface area contributed by atoms with Crippen molar-refractivity contribution in [3.05, 3.63) is 59.6 Å². The number of aliphatic hydroxyl groups excluding tert-OH is 2. The molecule has 9 nitrogen and oxygen atoms in total. The van der Waals surface area contributed by atoms with Crippen LogP contribution in [0.3, 0.4) is 0 Å². The van der Waals surface area contributed by atoms with Crippen LogP contribution in [0.15, 0.2) is 36.7 Å². The van der Waals surface area contributed by atoms with Gasteiger partial charge in [-0.05, 0) is 45.4 Å². The first-order valence-electron chi connectivity index (χ1n) is 12.1. The van der Waals surface area contributed by atoms with Gasteiger partial charge >= 0.3 is 0 Å². The smallest absolute Gasteiger partial charge is 0.225 e. The molecule has 38 heavy (non-hydrogen) atoms. The maximum Gasteiger partial charge on any atom is 0.225 e. The van der Waals surface area contributed by atoms with E-state index >= 15 is 0 Å². The normalized spacial score (nSPS) is 21.7. The number of rotatable bonds is 7. The molecule has 1 saturated carbocycles. The first-order chi connectivity index (χ1) is 18.0. The Hall–Kier alpha value is -3.32. The molecule has 0 amide bonds. The standard InChI is InChI=1S/C26H28F2N6O3S/c1-12-20(24-33-18-11-29-8-7-19(18)38-24)23(32-17-9-14(26(2,3)37)21(35)22(17)36)34-25(31-12)30-10-13-15(27)5-4-6-16(13)28/h4-8,11,14,17,21-22,35-37H,9-10H2,1-3H3,(H2,30,31,32,34)/t14-,17+,21+,22-/m0/s1. The van der Waals surface area contributed by atoms with Crippen LogP contribution in [0.2, 0.25) is 0 Å². The summed E-state index contributed by atoms with van der Waals surface area (Å²) in [5.41, 5.74) is 0.472. The maximum atomic E-state index is 14.2. The van der Waals surface area contributed by atoms with E-state index in [9.17, 15) is 24.1 Å². The highest BCUT2D eigenvalue weighted by Gasteiger charge is 2.48. The van der Waals surface area contributed by atoms with Crippen molar-refractivity contribution in [3.63, 3.8) is 0 Å². The second-order valence-electron chi connectivity index (χ2n) is 10.0. The van der Waals surface area contributed by atoms with Gasteiger partial charge in [0.15, 0.2) is 0 Å². The van der Waals surface area contributed by atoms with Crippen LogP contribution in [0, 0.1) is 24.5 Å². The highest BCUT2D eigenvalue weighted by atomic mass is 32.1. The van der Waals surface area contributed by atoms with Gasteiger partial charge in [-0.15, -0.1) is 11.3 Å². The van der Waals surface area contributed by atoms with E-state index in [0.29, 0.717) is 27.6 Å². The fourth-order valence-electron chi connectivity index (χ4n) is 4.82. The lowest BCUT2D eigenvalue weighted by molar-refractivity contribution is -0.0601. The molecule has 1 aromatic carbocycles. The average molecular weight is 543 g/mol. The van der Waals surface area contributed by atoms with Gasteiger partial charge in [-0.1, -0.05) is 6.07 Å². The van der Waals surface area contributed by atoms with Gasteiger partial charge in [0.1, 0.15) is 34.1 Å². The Morgan fingerprint density at radius 2 is 1.82 bits per heavy atom. The monoisotopic (exact) mass is 542 g/mol. The number of pyridine rings is 1. The summed E-state index contributed by atoms with van der Waals surface area (Å²) >= 11 is 1.42. The molecule has 0 bridgehead atoms. The molecule has 1 aliphatic carbocycles. The Balaban J connectivity index is 1.53. The zero-order valence-electron chi connectivity index (χ0n) is 21.0. The average Bonchev–Trinajstić information content (AvgIpc) is 3.40. The van der Waals surface area contributed by atoms with Crippen LogP contribution in [-0.4, -0.2) is 59.1 Å². The summed E-state index contributed by atoms with van der Waals surface area (Å²) in [4.78, 5) is 17.9. The summed E-state index contributed by atoms with van der Waals surface area (Å²) in [6.45, 7) is 4.76. The quantitative estimate of drug-likeness (QED) is 0.237. The Bertz CT molecular complexity index is 1420. The Kier molecular flexibility index (Phi) is 6.99. The number of aromatic nitrogens is 4. The largest absolute Gasteiger partial charge is 0.390 e. The first-order valence-corrected chi connectivity index (χ1v) is 13.0. The number of hydrogen-bond donors (Lipinski definition) is 5. The minimum Gasteiger partial charge on any atom is -0.390 e. The third-order valence-corrected chi connectivity index (χ3v) is 7.94. The summed E-state index contributed by atoms with van der Waals surface area (Å²) in [5.74, 6) is -1.50. The molecule has 4 aromatic rings. The van der Waals surface area contributed by atoms with Crippen LogP contribution in [0.25, 0.3) is 20.8 Å². The van der Waals surface area contributed by atoms with Crippen molar-refractivity contribution < 1.29 is 24.1 Å². The van der Waals surface area contributed by atoms with Gasteiger partial charge in [-0.25, -0.2) is 18.7 Å². The van der Waals surface area contributed by atoms with E-state index in [0.717, 1.165) is 4.70 Å². The topological polar surface area (TPSA) is 136 Å². The summed E-state index contributed by atoms with van der Waals surface area (Å²) in [6, 6.07) is 4.86. The second kappa shape index (κ2) is 10.1. The highest BCUT2D eigenvalue weighted by molar-refractivity contribution is 7.21.